The number of aromatic nitrogens is 1. The first-order valence-electron chi connectivity index (χ1n) is 5.24. The third kappa shape index (κ3) is 1.84. The summed E-state index contributed by atoms with van der Waals surface area (Å²) in [4.78, 5) is 4.54. The lowest BCUT2D eigenvalue weighted by atomic mass is 9.94. The number of aryl methyl sites for hydroxylation is 1. The summed E-state index contributed by atoms with van der Waals surface area (Å²) in [7, 11) is 2.05. The zero-order valence-electron chi connectivity index (χ0n) is 9.13. The predicted molar refractivity (Wildman–Crippen MR) is 60.7 cm³/mol. The molecule has 0 saturated heterocycles. The highest BCUT2D eigenvalue weighted by Gasteiger charge is 2.47. The van der Waals surface area contributed by atoms with Crippen molar-refractivity contribution in [1.82, 2.24) is 10.3 Å². The highest BCUT2D eigenvalue weighted by atomic mass is 32.1. The van der Waals surface area contributed by atoms with Crippen molar-refractivity contribution in [2.24, 2.45) is 5.41 Å². The molecule has 0 spiro atoms. The Hall–Kier alpha value is -0.410. The topological polar surface area (TPSA) is 24.9 Å². The minimum absolute atomic E-state index is 0.513. The van der Waals surface area contributed by atoms with Gasteiger partial charge in [0.05, 0.1) is 5.01 Å². The number of hydrogen-bond acceptors (Lipinski definition) is 3. The summed E-state index contributed by atoms with van der Waals surface area (Å²) in [6, 6.07) is 0.617. The van der Waals surface area contributed by atoms with Gasteiger partial charge in [0.25, 0.3) is 0 Å². The molecule has 1 aliphatic carbocycles. The van der Waals surface area contributed by atoms with Crippen molar-refractivity contribution in [1.29, 1.82) is 0 Å². The molecule has 0 aromatic carbocycles. The lowest BCUT2D eigenvalue weighted by Gasteiger charge is -2.21. The van der Waals surface area contributed by atoms with Gasteiger partial charge in [-0.2, -0.15) is 0 Å². The van der Waals surface area contributed by atoms with Crippen LogP contribution in [0.1, 0.15) is 30.5 Å². The van der Waals surface area contributed by atoms with Crippen LogP contribution in [0.4, 0.5) is 0 Å². The molecule has 1 atom stereocenters. The van der Waals surface area contributed by atoms with Crippen LogP contribution >= 0.6 is 11.3 Å². The first kappa shape index (κ1) is 10.1. The van der Waals surface area contributed by atoms with E-state index >= 15 is 0 Å². The van der Waals surface area contributed by atoms with E-state index in [1.165, 1.54) is 17.8 Å². The molecule has 1 aromatic rings. The Bertz CT molecular complexity index is 315. The van der Waals surface area contributed by atoms with Crippen LogP contribution in [-0.4, -0.2) is 18.1 Å². The molecule has 2 rings (SSSR count). The number of rotatable bonds is 4. The average molecular weight is 210 g/mol. The van der Waals surface area contributed by atoms with Crippen LogP contribution in [0.5, 0.6) is 0 Å². The Balaban J connectivity index is 2.04. The average Bonchev–Trinajstić information content (AvgIpc) is 2.84. The lowest BCUT2D eigenvalue weighted by molar-refractivity contribution is 0.369. The number of thiazole rings is 1. The van der Waals surface area contributed by atoms with Gasteiger partial charge in [0.15, 0.2) is 0 Å². The van der Waals surface area contributed by atoms with Gasteiger partial charge in [-0.05, 0) is 39.2 Å². The van der Waals surface area contributed by atoms with E-state index in [4.69, 9.17) is 0 Å². The van der Waals surface area contributed by atoms with Crippen LogP contribution < -0.4 is 5.32 Å². The smallest absolute Gasteiger partial charge is 0.0934 e. The van der Waals surface area contributed by atoms with E-state index in [1.54, 1.807) is 11.3 Å². The summed E-state index contributed by atoms with van der Waals surface area (Å²) in [5, 5.41) is 6.83. The summed E-state index contributed by atoms with van der Waals surface area (Å²) in [6.07, 6.45) is 3.87. The molecule has 3 heteroatoms. The summed E-state index contributed by atoms with van der Waals surface area (Å²) < 4.78 is 0. The molecule has 1 aliphatic rings. The van der Waals surface area contributed by atoms with E-state index in [9.17, 15) is 0 Å². The standard InChI is InChI=1S/C11H18N2S/c1-8-7-14-10(13-8)6-11(4-5-11)9(2)12-3/h7,9,12H,4-6H2,1-3H3. The molecule has 1 aromatic heterocycles. The molecule has 78 valence electrons. The van der Waals surface area contributed by atoms with Crippen LogP contribution in [0.3, 0.4) is 0 Å². The van der Waals surface area contributed by atoms with Crippen molar-refractivity contribution in [3.63, 3.8) is 0 Å². The number of hydrogen-bond donors (Lipinski definition) is 1. The van der Waals surface area contributed by atoms with Crippen LogP contribution in [0.25, 0.3) is 0 Å². The van der Waals surface area contributed by atoms with Gasteiger partial charge >= 0.3 is 0 Å². The highest BCUT2D eigenvalue weighted by molar-refractivity contribution is 7.09. The van der Waals surface area contributed by atoms with Crippen molar-refractivity contribution >= 4 is 11.3 Å². The van der Waals surface area contributed by atoms with Crippen molar-refractivity contribution in [2.45, 2.75) is 39.2 Å². The Kier molecular flexibility index (Phi) is 2.62. The van der Waals surface area contributed by atoms with E-state index in [1.807, 2.05) is 0 Å². The van der Waals surface area contributed by atoms with Crippen molar-refractivity contribution in [3.8, 4) is 0 Å². The first-order valence-corrected chi connectivity index (χ1v) is 6.12. The molecule has 0 aliphatic heterocycles. The van der Waals surface area contributed by atoms with Crippen LogP contribution in [0.15, 0.2) is 5.38 Å². The lowest BCUT2D eigenvalue weighted by Crippen LogP contribution is -2.33. The molecule has 1 unspecified atom stereocenters. The molecule has 1 saturated carbocycles. The second-order valence-electron chi connectivity index (χ2n) is 4.43. The van der Waals surface area contributed by atoms with Gasteiger partial charge in [0.2, 0.25) is 0 Å². The monoisotopic (exact) mass is 210 g/mol. The molecule has 1 N–H and O–H groups in total. The number of nitrogens with one attached hydrogen (secondary N) is 1. The third-order valence-electron chi connectivity index (χ3n) is 3.41. The van der Waals surface area contributed by atoms with E-state index in [0.29, 0.717) is 11.5 Å². The SMILES string of the molecule is CNC(C)C1(Cc2nc(C)cs2)CC1. The van der Waals surface area contributed by atoms with Gasteiger partial charge in [0, 0.05) is 23.5 Å². The summed E-state index contributed by atoms with van der Waals surface area (Å²) in [5.74, 6) is 0. The largest absolute Gasteiger partial charge is 0.317 e. The summed E-state index contributed by atoms with van der Waals surface area (Å²) in [6.45, 7) is 4.36. The molecule has 2 nitrogen and oxygen atoms in total. The minimum Gasteiger partial charge on any atom is -0.317 e. The summed E-state index contributed by atoms with van der Waals surface area (Å²) >= 11 is 1.81. The molecular formula is C11H18N2S. The Morgan fingerprint density at radius 3 is 2.79 bits per heavy atom. The highest BCUT2D eigenvalue weighted by Crippen LogP contribution is 2.51. The molecule has 0 bridgehead atoms. The maximum atomic E-state index is 4.54. The molecular weight excluding hydrogens is 192 g/mol. The van der Waals surface area contributed by atoms with Gasteiger partial charge < -0.3 is 5.32 Å². The van der Waals surface area contributed by atoms with Crippen LogP contribution in [-0.2, 0) is 6.42 Å². The normalized spacial score (nSPS) is 20.8. The van der Waals surface area contributed by atoms with Crippen molar-refractivity contribution < 1.29 is 0 Å². The summed E-state index contributed by atoms with van der Waals surface area (Å²) in [5.41, 5.74) is 1.68. The Morgan fingerprint density at radius 2 is 2.36 bits per heavy atom. The molecule has 1 heterocycles. The van der Waals surface area contributed by atoms with Gasteiger partial charge in [-0.3, -0.25) is 0 Å². The Labute approximate surface area is 89.8 Å². The first-order chi connectivity index (χ1) is 6.66. The predicted octanol–water partition coefficient (Wildman–Crippen LogP) is 2.38. The second-order valence-corrected chi connectivity index (χ2v) is 5.37. The van der Waals surface area contributed by atoms with E-state index in [2.05, 4.69) is 36.6 Å². The van der Waals surface area contributed by atoms with Crippen molar-refractivity contribution in [2.75, 3.05) is 7.05 Å². The van der Waals surface area contributed by atoms with Crippen LogP contribution in [0, 0.1) is 12.3 Å². The van der Waals surface area contributed by atoms with E-state index < -0.39 is 0 Å². The van der Waals surface area contributed by atoms with Gasteiger partial charge in [-0.15, -0.1) is 11.3 Å². The fourth-order valence-corrected chi connectivity index (χ4v) is 2.94. The number of nitrogens with zero attached hydrogens (tertiary/aromatic N) is 1. The van der Waals surface area contributed by atoms with Gasteiger partial charge in [0.1, 0.15) is 0 Å². The maximum Gasteiger partial charge on any atom is 0.0934 e. The maximum absolute atomic E-state index is 4.54. The third-order valence-corrected chi connectivity index (χ3v) is 4.38. The second kappa shape index (κ2) is 3.63. The molecule has 1 fully saturated rings. The quantitative estimate of drug-likeness (QED) is 0.825. The van der Waals surface area contributed by atoms with Gasteiger partial charge in [-0.1, -0.05) is 0 Å². The molecule has 0 radical (unpaired) electrons. The minimum atomic E-state index is 0.513. The zero-order valence-corrected chi connectivity index (χ0v) is 9.95. The Morgan fingerprint density at radius 1 is 1.64 bits per heavy atom. The zero-order chi connectivity index (χ0) is 10.2. The molecule has 14 heavy (non-hydrogen) atoms. The van der Waals surface area contributed by atoms with E-state index in [-0.39, 0.29) is 0 Å². The van der Waals surface area contributed by atoms with Crippen molar-refractivity contribution in [3.05, 3.63) is 16.1 Å². The molecule has 0 amide bonds. The fraction of sp³-hybridized carbons (Fsp3) is 0.727. The fourth-order valence-electron chi connectivity index (χ4n) is 2.01. The van der Waals surface area contributed by atoms with Gasteiger partial charge in [-0.25, -0.2) is 4.98 Å². The van der Waals surface area contributed by atoms with E-state index in [0.717, 1.165) is 12.1 Å². The van der Waals surface area contributed by atoms with Crippen LogP contribution in [0.2, 0.25) is 0 Å².